The van der Waals surface area contributed by atoms with Gasteiger partial charge in [0, 0.05) is 21.8 Å². The SMILES string of the molecule is O=C(Nc1ccc(-c2nn[nH]n2)cc1)c1cn[nH]c1-c1ccccc1Cl. The summed E-state index contributed by atoms with van der Waals surface area (Å²) in [6, 6.07) is 14.4. The van der Waals surface area contributed by atoms with E-state index in [4.69, 9.17) is 11.6 Å². The van der Waals surface area contributed by atoms with Gasteiger partial charge in [-0.25, -0.2) is 0 Å². The van der Waals surface area contributed by atoms with Crippen LogP contribution >= 0.6 is 11.6 Å². The van der Waals surface area contributed by atoms with Crippen LogP contribution in [-0.4, -0.2) is 36.7 Å². The summed E-state index contributed by atoms with van der Waals surface area (Å²) in [6.07, 6.45) is 1.47. The zero-order valence-corrected chi connectivity index (χ0v) is 14.0. The van der Waals surface area contributed by atoms with Crippen LogP contribution in [0.4, 0.5) is 5.69 Å². The van der Waals surface area contributed by atoms with E-state index in [9.17, 15) is 4.79 Å². The van der Waals surface area contributed by atoms with Crippen molar-refractivity contribution in [3.63, 3.8) is 0 Å². The van der Waals surface area contributed by atoms with Crippen molar-refractivity contribution in [3.8, 4) is 22.6 Å². The van der Waals surface area contributed by atoms with E-state index in [1.807, 2.05) is 18.2 Å². The molecule has 0 bridgehead atoms. The van der Waals surface area contributed by atoms with Gasteiger partial charge in [0.15, 0.2) is 0 Å². The lowest BCUT2D eigenvalue weighted by Crippen LogP contribution is -2.12. The Morgan fingerprint density at radius 1 is 1.08 bits per heavy atom. The number of benzene rings is 2. The number of carbonyl (C=O) groups excluding carboxylic acids is 1. The van der Waals surface area contributed by atoms with Gasteiger partial charge in [-0.1, -0.05) is 29.8 Å². The summed E-state index contributed by atoms with van der Waals surface area (Å²) >= 11 is 6.22. The first-order valence-electron chi connectivity index (χ1n) is 7.66. The van der Waals surface area contributed by atoms with Crippen LogP contribution in [0.25, 0.3) is 22.6 Å². The van der Waals surface area contributed by atoms with E-state index in [1.165, 1.54) is 6.20 Å². The average molecular weight is 366 g/mol. The number of rotatable bonds is 4. The number of aromatic nitrogens is 6. The second-order valence-corrected chi connectivity index (χ2v) is 5.81. The molecular formula is C17H12ClN7O. The summed E-state index contributed by atoms with van der Waals surface area (Å²) in [6.45, 7) is 0. The number of hydrogen-bond acceptors (Lipinski definition) is 5. The van der Waals surface area contributed by atoms with Gasteiger partial charge >= 0.3 is 0 Å². The molecule has 0 spiro atoms. The van der Waals surface area contributed by atoms with Gasteiger partial charge in [-0.05, 0) is 35.5 Å². The molecule has 0 radical (unpaired) electrons. The predicted molar refractivity (Wildman–Crippen MR) is 96.6 cm³/mol. The Hall–Kier alpha value is -3.52. The molecule has 2 aromatic carbocycles. The highest BCUT2D eigenvalue weighted by Gasteiger charge is 2.17. The Labute approximate surface area is 152 Å². The fourth-order valence-corrected chi connectivity index (χ4v) is 2.74. The summed E-state index contributed by atoms with van der Waals surface area (Å²) in [5, 5.41) is 23.9. The maximum atomic E-state index is 12.6. The first-order chi connectivity index (χ1) is 12.7. The van der Waals surface area contributed by atoms with Crippen molar-refractivity contribution in [1.82, 2.24) is 30.8 Å². The molecule has 0 saturated carbocycles. The number of tetrazole rings is 1. The monoisotopic (exact) mass is 365 g/mol. The zero-order valence-electron chi connectivity index (χ0n) is 13.3. The number of anilines is 1. The van der Waals surface area contributed by atoms with Gasteiger partial charge in [-0.2, -0.15) is 10.3 Å². The van der Waals surface area contributed by atoms with Gasteiger partial charge in [0.05, 0.1) is 17.5 Å². The van der Waals surface area contributed by atoms with Gasteiger partial charge in [-0.15, -0.1) is 10.2 Å². The van der Waals surface area contributed by atoms with Gasteiger partial charge < -0.3 is 5.32 Å². The maximum Gasteiger partial charge on any atom is 0.259 e. The fourth-order valence-electron chi connectivity index (χ4n) is 2.51. The molecule has 8 nitrogen and oxygen atoms in total. The second kappa shape index (κ2) is 6.77. The van der Waals surface area contributed by atoms with Crippen molar-refractivity contribution < 1.29 is 4.79 Å². The molecule has 0 fully saturated rings. The molecule has 0 atom stereocenters. The van der Waals surface area contributed by atoms with Crippen molar-refractivity contribution in [1.29, 1.82) is 0 Å². The molecule has 128 valence electrons. The smallest absolute Gasteiger partial charge is 0.259 e. The van der Waals surface area contributed by atoms with Gasteiger partial charge in [0.25, 0.3) is 5.91 Å². The molecule has 0 saturated heterocycles. The van der Waals surface area contributed by atoms with Crippen LogP contribution < -0.4 is 5.32 Å². The van der Waals surface area contributed by atoms with E-state index in [0.717, 1.165) is 5.56 Å². The van der Waals surface area contributed by atoms with Crippen LogP contribution in [0.1, 0.15) is 10.4 Å². The lowest BCUT2D eigenvalue weighted by Gasteiger charge is -2.07. The molecule has 9 heteroatoms. The molecule has 0 aliphatic carbocycles. The summed E-state index contributed by atoms with van der Waals surface area (Å²) in [4.78, 5) is 12.6. The summed E-state index contributed by atoms with van der Waals surface area (Å²) in [5.41, 5.74) is 3.10. The third-order valence-electron chi connectivity index (χ3n) is 3.77. The standard InChI is InChI=1S/C17H12ClN7O/c18-14-4-2-1-3-12(14)15-13(9-19-21-15)17(26)20-11-7-5-10(6-8-11)16-22-24-25-23-16/h1-9H,(H,19,21)(H,20,26)(H,22,23,24,25). The van der Waals surface area contributed by atoms with Crippen molar-refractivity contribution >= 4 is 23.2 Å². The van der Waals surface area contributed by atoms with Gasteiger partial charge in [0.1, 0.15) is 0 Å². The van der Waals surface area contributed by atoms with Crippen LogP contribution in [0.2, 0.25) is 5.02 Å². The third-order valence-corrected chi connectivity index (χ3v) is 4.10. The third kappa shape index (κ3) is 3.05. The van der Waals surface area contributed by atoms with Gasteiger partial charge in [-0.3, -0.25) is 9.89 Å². The molecule has 0 aliphatic heterocycles. The number of amides is 1. The maximum absolute atomic E-state index is 12.6. The minimum Gasteiger partial charge on any atom is -0.322 e. The minimum atomic E-state index is -0.291. The summed E-state index contributed by atoms with van der Waals surface area (Å²) < 4.78 is 0. The minimum absolute atomic E-state index is 0.291. The van der Waals surface area contributed by atoms with Crippen LogP contribution in [0.3, 0.4) is 0 Å². The summed E-state index contributed by atoms with van der Waals surface area (Å²) in [5.74, 6) is 0.194. The molecule has 1 amide bonds. The van der Waals surface area contributed by atoms with Crippen LogP contribution in [-0.2, 0) is 0 Å². The largest absolute Gasteiger partial charge is 0.322 e. The summed E-state index contributed by atoms with van der Waals surface area (Å²) in [7, 11) is 0. The van der Waals surface area contributed by atoms with Crippen molar-refractivity contribution in [2.45, 2.75) is 0 Å². The Kier molecular flexibility index (Phi) is 4.16. The van der Waals surface area contributed by atoms with E-state index >= 15 is 0 Å². The number of carbonyl (C=O) groups is 1. The topological polar surface area (TPSA) is 112 Å². The molecule has 3 N–H and O–H groups in total. The van der Waals surface area contributed by atoms with Crippen LogP contribution in [0.15, 0.2) is 54.7 Å². The number of nitrogens with one attached hydrogen (secondary N) is 3. The Bertz CT molecular complexity index is 1040. The molecule has 0 aliphatic rings. The first kappa shape index (κ1) is 16.0. The molecule has 4 aromatic rings. The molecule has 0 unspecified atom stereocenters. The normalized spacial score (nSPS) is 10.7. The van der Waals surface area contributed by atoms with Crippen molar-refractivity contribution in [2.24, 2.45) is 0 Å². The fraction of sp³-hybridized carbons (Fsp3) is 0. The molecule has 2 heterocycles. The molecule has 2 aromatic heterocycles. The van der Waals surface area contributed by atoms with Crippen molar-refractivity contribution in [2.75, 3.05) is 5.32 Å². The van der Waals surface area contributed by atoms with E-state index < -0.39 is 0 Å². The van der Waals surface area contributed by atoms with E-state index in [1.54, 1.807) is 30.3 Å². The first-order valence-corrected chi connectivity index (χ1v) is 8.03. The molecular weight excluding hydrogens is 354 g/mol. The van der Waals surface area contributed by atoms with E-state index in [-0.39, 0.29) is 5.91 Å². The Balaban J connectivity index is 1.56. The predicted octanol–water partition coefficient (Wildman–Crippen LogP) is 3.16. The van der Waals surface area contributed by atoms with Crippen LogP contribution in [0, 0.1) is 0 Å². The highest BCUT2D eigenvalue weighted by atomic mass is 35.5. The van der Waals surface area contributed by atoms with E-state index in [2.05, 4.69) is 36.1 Å². The number of halogens is 1. The molecule has 4 rings (SSSR count). The Morgan fingerprint density at radius 2 is 1.88 bits per heavy atom. The van der Waals surface area contributed by atoms with Crippen LogP contribution in [0.5, 0.6) is 0 Å². The Morgan fingerprint density at radius 3 is 2.62 bits per heavy atom. The highest BCUT2D eigenvalue weighted by Crippen LogP contribution is 2.29. The number of aromatic amines is 2. The number of nitrogens with zero attached hydrogens (tertiary/aromatic N) is 4. The molecule has 26 heavy (non-hydrogen) atoms. The highest BCUT2D eigenvalue weighted by molar-refractivity contribution is 6.33. The lowest BCUT2D eigenvalue weighted by molar-refractivity contribution is 0.102. The van der Waals surface area contributed by atoms with E-state index in [0.29, 0.717) is 33.4 Å². The van der Waals surface area contributed by atoms with Gasteiger partial charge in [0.2, 0.25) is 5.82 Å². The number of H-pyrrole nitrogens is 2. The lowest BCUT2D eigenvalue weighted by atomic mass is 10.1. The quantitative estimate of drug-likeness (QED) is 0.514. The number of hydrogen-bond donors (Lipinski definition) is 3. The average Bonchev–Trinajstić information content (AvgIpc) is 3.35. The zero-order chi connectivity index (χ0) is 17.9. The van der Waals surface area contributed by atoms with Crippen molar-refractivity contribution in [3.05, 3.63) is 65.3 Å². The second-order valence-electron chi connectivity index (χ2n) is 5.41.